The molecule has 3 N–H and O–H groups in total. The fourth-order valence-corrected chi connectivity index (χ4v) is 4.23. The van der Waals surface area contributed by atoms with E-state index in [2.05, 4.69) is 77.3 Å². The number of aromatic nitrogens is 1. The Balaban J connectivity index is 1.90. The van der Waals surface area contributed by atoms with Crippen LogP contribution in [0.2, 0.25) is 0 Å². The monoisotopic (exact) mass is 511 g/mol. The first kappa shape index (κ1) is 29.1. The number of nitrogens with two attached hydrogens (primary N) is 1. The van der Waals surface area contributed by atoms with E-state index >= 15 is 0 Å². The van der Waals surface area contributed by atoms with Gasteiger partial charge in [-0.2, -0.15) is 0 Å². The smallest absolute Gasteiger partial charge is 0.172 e. The minimum atomic E-state index is -0.297. The van der Waals surface area contributed by atoms with Crippen molar-refractivity contribution in [1.82, 2.24) is 4.98 Å². The van der Waals surface area contributed by atoms with E-state index in [0.717, 1.165) is 29.9 Å². The highest BCUT2D eigenvalue weighted by Gasteiger charge is 2.18. The van der Waals surface area contributed by atoms with Crippen LogP contribution in [-0.2, 0) is 12.8 Å². The normalized spacial score (nSPS) is 12.0. The third-order valence-corrected chi connectivity index (χ3v) is 6.78. The zero-order valence-electron chi connectivity index (χ0n) is 23.9. The lowest BCUT2D eigenvalue weighted by molar-refractivity contribution is 0.585. The summed E-state index contributed by atoms with van der Waals surface area (Å²) in [6.07, 6.45) is 11.5. The van der Waals surface area contributed by atoms with Gasteiger partial charge in [0.1, 0.15) is 11.5 Å². The van der Waals surface area contributed by atoms with Gasteiger partial charge in [0.15, 0.2) is 5.84 Å². The molecule has 1 aromatic heterocycles. The summed E-state index contributed by atoms with van der Waals surface area (Å²) in [6.45, 7) is 10.4. The predicted molar refractivity (Wildman–Crippen MR) is 163 cm³/mol. The number of hydrogen-bond acceptors (Lipinski definition) is 3. The molecule has 5 heteroatoms. The van der Waals surface area contributed by atoms with E-state index in [0.29, 0.717) is 11.5 Å². The van der Waals surface area contributed by atoms with Gasteiger partial charge in [-0.25, -0.2) is 4.99 Å². The minimum absolute atomic E-state index is 0.0726. The average molecular weight is 512 g/mol. The van der Waals surface area contributed by atoms with Crippen molar-refractivity contribution < 1.29 is 0 Å². The summed E-state index contributed by atoms with van der Waals surface area (Å²) >= 11 is 0. The SMILES string of the molecule is CCCCCc1ccc(N(c2ccc(CCCCC)cc2)c2ccc(C(=N)N=C(N)C(C)(C)C)nc2)cc1. The van der Waals surface area contributed by atoms with Crippen LogP contribution in [0.3, 0.4) is 0 Å². The van der Waals surface area contributed by atoms with Crippen molar-refractivity contribution in [2.75, 3.05) is 4.90 Å². The van der Waals surface area contributed by atoms with E-state index in [-0.39, 0.29) is 11.3 Å². The Hall–Kier alpha value is -3.47. The van der Waals surface area contributed by atoms with E-state index in [1.54, 1.807) is 0 Å². The molecule has 2 aromatic carbocycles. The second-order valence-corrected chi connectivity index (χ2v) is 11.1. The van der Waals surface area contributed by atoms with Crippen LogP contribution in [-0.4, -0.2) is 16.7 Å². The first-order chi connectivity index (χ1) is 18.2. The molecule has 0 bridgehead atoms. The first-order valence-corrected chi connectivity index (χ1v) is 14.1. The molecule has 0 aliphatic carbocycles. The van der Waals surface area contributed by atoms with Gasteiger partial charge in [-0.05, 0) is 73.2 Å². The summed E-state index contributed by atoms with van der Waals surface area (Å²) in [4.78, 5) is 11.1. The van der Waals surface area contributed by atoms with Crippen LogP contribution in [0.1, 0.15) is 90.0 Å². The number of hydrogen-bond donors (Lipinski definition) is 2. The summed E-state index contributed by atoms with van der Waals surface area (Å²) in [5.41, 5.74) is 12.1. The predicted octanol–water partition coefficient (Wildman–Crippen LogP) is 8.75. The van der Waals surface area contributed by atoms with Gasteiger partial charge in [-0.15, -0.1) is 0 Å². The van der Waals surface area contributed by atoms with Crippen LogP contribution in [0.5, 0.6) is 0 Å². The van der Waals surface area contributed by atoms with E-state index in [4.69, 9.17) is 11.1 Å². The van der Waals surface area contributed by atoms with Crippen molar-refractivity contribution in [2.45, 2.75) is 86.0 Å². The molecule has 0 saturated heterocycles. The van der Waals surface area contributed by atoms with E-state index < -0.39 is 0 Å². The molecular formula is C33H45N5. The largest absolute Gasteiger partial charge is 0.387 e. The Morgan fingerprint density at radius 1 is 0.763 bits per heavy atom. The van der Waals surface area contributed by atoms with Crippen LogP contribution in [0.25, 0.3) is 0 Å². The van der Waals surface area contributed by atoms with Crippen molar-refractivity contribution in [2.24, 2.45) is 16.1 Å². The molecule has 0 radical (unpaired) electrons. The molecule has 0 aliphatic heterocycles. The van der Waals surface area contributed by atoms with Gasteiger partial charge in [0.25, 0.3) is 0 Å². The van der Waals surface area contributed by atoms with Crippen LogP contribution >= 0.6 is 0 Å². The number of benzene rings is 2. The highest BCUT2D eigenvalue weighted by molar-refractivity contribution is 6.04. The molecular weight excluding hydrogens is 466 g/mol. The molecule has 0 atom stereocenters. The molecule has 0 saturated carbocycles. The third-order valence-electron chi connectivity index (χ3n) is 6.78. The van der Waals surface area contributed by atoms with Gasteiger partial charge < -0.3 is 10.6 Å². The molecule has 3 rings (SSSR count). The zero-order chi connectivity index (χ0) is 27.5. The molecule has 38 heavy (non-hydrogen) atoms. The van der Waals surface area contributed by atoms with Gasteiger partial charge in [0, 0.05) is 16.8 Å². The Morgan fingerprint density at radius 3 is 1.63 bits per heavy atom. The molecule has 0 spiro atoms. The van der Waals surface area contributed by atoms with E-state index in [1.165, 1.54) is 49.7 Å². The summed E-state index contributed by atoms with van der Waals surface area (Å²) in [5, 5.41) is 8.39. The van der Waals surface area contributed by atoms with Crippen LogP contribution < -0.4 is 10.6 Å². The maximum Gasteiger partial charge on any atom is 0.172 e. The maximum atomic E-state index is 8.39. The summed E-state index contributed by atoms with van der Waals surface area (Å²) in [5.74, 6) is 0.497. The van der Waals surface area contributed by atoms with Gasteiger partial charge in [0.05, 0.1) is 11.9 Å². The average Bonchev–Trinajstić information content (AvgIpc) is 2.91. The van der Waals surface area contributed by atoms with Crippen molar-refractivity contribution in [1.29, 1.82) is 5.41 Å². The number of nitrogens with one attached hydrogen (secondary N) is 1. The molecule has 0 amide bonds. The zero-order valence-corrected chi connectivity index (χ0v) is 23.9. The van der Waals surface area contributed by atoms with Crippen LogP contribution in [0.4, 0.5) is 17.1 Å². The van der Waals surface area contributed by atoms with Crippen molar-refractivity contribution in [3.8, 4) is 0 Å². The number of anilines is 3. The number of aryl methyl sites for hydroxylation is 2. The van der Waals surface area contributed by atoms with E-state index in [1.807, 2.05) is 39.1 Å². The molecule has 0 fully saturated rings. The lowest BCUT2D eigenvalue weighted by Gasteiger charge is -2.25. The summed E-state index contributed by atoms with van der Waals surface area (Å²) in [7, 11) is 0. The molecule has 3 aromatic rings. The fraction of sp³-hybridized carbons (Fsp3) is 0.424. The molecule has 202 valence electrons. The Bertz CT molecular complexity index is 1120. The lowest BCUT2D eigenvalue weighted by Crippen LogP contribution is -2.30. The van der Waals surface area contributed by atoms with Crippen molar-refractivity contribution in [3.05, 3.63) is 83.7 Å². The second kappa shape index (κ2) is 13.9. The quantitative estimate of drug-likeness (QED) is 0.145. The van der Waals surface area contributed by atoms with Crippen molar-refractivity contribution >= 4 is 28.7 Å². The van der Waals surface area contributed by atoms with Gasteiger partial charge in [-0.3, -0.25) is 10.4 Å². The lowest BCUT2D eigenvalue weighted by atomic mass is 9.95. The number of nitrogens with zero attached hydrogens (tertiary/aromatic N) is 3. The molecule has 0 unspecified atom stereocenters. The van der Waals surface area contributed by atoms with Crippen LogP contribution in [0, 0.1) is 10.8 Å². The first-order valence-electron chi connectivity index (χ1n) is 14.1. The Labute approximate surface area is 229 Å². The Morgan fingerprint density at radius 2 is 1.24 bits per heavy atom. The van der Waals surface area contributed by atoms with Crippen LogP contribution in [0.15, 0.2) is 71.9 Å². The number of amidine groups is 2. The fourth-order valence-electron chi connectivity index (χ4n) is 4.23. The number of aliphatic imine (C=N–C) groups is 1. The summed E-state index contributed by atoms with van der Waals surface area (Å²) in [6, 6.07) is 21.6. The van der Waals surface area contributed by atoms with Crippen molar-refractivity contribution in [3.63, 3.8) is 0 Å². The molecule has 0 aliphatic rings. The highest BCUT2D eigenvalue weighted by Crippen LogP contribution is 2.34. The van der Waals surface area contributed by atoms with Gasteiger partial charge in [-0.1, -0.05) is 84.6 Å². The molecule has 5 nitrogen and oxygen atoms in total. The topological polar surface area (TPSA) is 78.4 Å². The third kappa shape index (κ3) is 8.27. The van der Waals surface area contributed by atoms with E-state index in [9.17, 15) is 0 Å². The number of pyridine rings is 1. The van der Waals surface area contributed by atoms with Gasteiger partial charge >= 0.3 is 0 Å². The Kier molecular flexibility index (Phi) is 10.6. The minimum Gasteiger partial charge on any atom is -0.387 e. The number of rotatable bonds is 12. The van der Waals surface area contributed by atoms with Gasteiger partial charge in [0.2, 0.25) is 0 Å². The number of unbranched alkanes of at least 4 members (excludes halogenated alkanes) is 4. The second-order valence-electron chi connectivity index (χ2n) is 11.1. The molecule has 1 heterocycles. The summed E-state index contributed by atoms with van der Waals surface area (Å²) < 4.78 is 0. The highest BCUT2D eigenvalue weighted by atomic mass is 15.1. The maximum absolute atomic E-state index is 8.39. The standard InChI is InChI=1S/C33H45N5/c1-6-8-10-12-25-14-18-27(19-15-25)38(28-20-16-26(17-21-28)13-11-9-7-2)29-22-23-30(36-24-29)31(34)37-32(35)33(3,4)5/h14-24H,6-13H2,1-5H3,(H3,34,35,37).